The first-order chi connectivity index (χ1) is 12.6. The summed E-state index contributed by atoms with van der Waals surface area (Å²) < 4.78 is 5.71. The molecule has 0 fully saturated rings. The van der Waals surface area contributed by atoms with E-state index in [-0.39, 0.29) is 12.5 Å². The molecule has 0 aromatic heterocycles. The van der Waals surface area contributed by atoms with Crippen molar-refractivity contribution in [3.63, 3.8) is 0 Å². The molecule has 0 bridgehead atoms. The van der Waals surface area contributed by atoms with Crippen LogP contribution in [0.2, 0.25) is 0 Å². The minimum absolute atomic E-state index is 0.152. The number of carbonyl (C=O) groups is 2. The molecule has 0 atom stereocenters. The summed E-state index contributed by atoms with van der Waals surface area (Å²) in [5, 5.41) is 12.2. The molecule has 0 aliphatic heterocycles. The van der Waals surface area contributed by atoms with E-state index in [0.29, 0.717) is 17.9 Å². The van der Waals surface area contributed by atoms with E-state index in [1.807, 2.05) is 44.2 Å². The molecule has 5 nitrogen and oxygen atoms in total. The Hall–Kier alpha value is -2.66. The molecule has 27 heavy (non-hydrogen) atoms. The van der Waals surface area contributed by atoms with Gasteiger partial charge >= 0.3 is 5.97 Å². The lowest BCUT2D eigenvalue weighted by atomic mass is 9.85. The Morgan fingerprint density at radius 2 is 1.56 bits per heavy atom. The molecule has 0 saturated heterocycles. The van der Waals surface area contributed by atoms with Gasteiger partial charge in [-0.25, -0.2) is 0 Å². The molecular weight excluding hydrogens is 342 g/mol. The van der Waals surface area contributed by atoms with Gasteiger partial charge in [-0.1, -0.05) is 42.5 Å². The Kier molecular flexibility index (Phi) is 6.39. The van der Waals surface area contributed by atoms with Crippen molar-refractivity contribution >= 4 is 17.6 Å². The van der Waals surface area contributed by atoms with E-state index in [4.69, 9.17) is 4.74 Å². The molecular formula is C22H27NO4. The molecule has 2 rings (SSSR count). The van der Waals surface area contributed by atoms with Gasteiger partial charge in [0.25, 0.3) is 0 Å². The topological polar surface area (TPSA) is 75.6 Å². The first-order valence-corrected chi connectivity index (χ1v) is 8.90. The molecule has 0 radical (unpaired) electrons. The Labute approximate surface area is 160 Å². The van der Waals surface area contributed by atoms with Gasteiger partial charge in [-0.3, -0.25) is 9.59 Å². The molecule has 0 heterocycles. The molecule has 0 aliphatic carbocycles. The SMILES string of the molecule is CC(C)(COCc1ccccc1)C(=O)Nc1ccc(C(C)(C)C(=O)O)cc1. The highest BCUT2D eigenvalue weighted by atomic mass is 16.5. The fourth-order valence-corrected chi connectivity index (χ4v) is 2.46. The number of hydrogen-bond acceptors (Lipinski definition) is 3. The van der Waals surface area contributed by atoms with Crippen LogP contribution in [0.15, 0.2) is 54.6 Å². The van der Waals surface area contributed by atoms with Crippen LogP contribution in [-0.2, 0) is 26.3 Å². The summed E-state index contributed by atoms with van der Waals surface area (Å²) in [7, 11) is 0. The van der Waals surface area contributed by atoms with Crippen molar-refractivity contribution in [2.75, 3.05) is 11.9 Å². The molecule has 0 spiro atoms. The van der Waals surface area contributed by atoms with E-state index in [2.05, 4.69) is 5.32 Å². The smallest absolute Gasteiger partial charge is 0.313 e. The van der Waals surface area contributed by atoms with E-state index < -0.39 is 16.8 Å². The normalized spacial score (nSPS) is 11.9. The van der Waals surface area contributed by atoms with Crippen molar-refractivity contribution in [2.24, 2.45) is 5.41 Å². The maximum Gasteiger partial charge on any atom is 0.313 e. The summed E-state index contributed by atoms with van der Waals surface area (Å²) >= 11 is 0. The molecule has 0 saturated carbocycles. The predicted octanol–water partition coefficient (Wildman–Crippen LogP) is 4.23. The van der Waals surface area contributed by atoms with Crippen molar-refractivity contribution in [1.29, 1.82) is 0 Å². The second-order valence-electron chi connectivity index (χ2n) is 7.82. The maximum absolute atomic E-state index is 12.6. The van der Waals surface area contributed by atoms with Crippen LogP contribution in [0.1, 0.15) is 38.8 Å². The quantitative estimate of drug-likeness (QED) is 0.730. The lowest BCUT2D eigenvalue weighted by Crippen LogP contribution is -2.35. The minimum Gasteiger partial charge on any atom is -0.481 e. The van der Waals surface area contributed by atoms with Crippen LogP contribution in [0.4, 0.5) is 5.69 Å². The zero-order chi connectivity index (χ0) is 20.1. The Bertz CT molecular complexity index is 780. The van der Waals surface area contributed by atoms with Gasteiger partial charge in [-0.15, -0.1) is 0 Å². The van der Waals surface area contributed by atoms with Crippen LogP contribution in [0, 0.1) is 5.41 Å². The largest absolute Gasteiger partial charge is 0.481 e. The highest BCUT2D eigenvalue weighted by Gasteiger charge is 2.30. The highest BCUT2D eigenvalue weighted by Crippen LogP contribution is 2.26. The lowest BCUT2D eigenvalue weighted by molar-refractivity contribution is -0.142. The van der Waals surface area contributed by atoms with Gasteiger partial charge in [0.05, 0.1) is 24.0 Å². The molecule has 0 aliphatic rings. The number of amides is 1. The number of aliphatic carboxylic acids is 1. The van der Waals surface area contributed by atoms with E-state index in [1.54, 1.807) is 38.1 Å². The number of carboxylic acids is 1. The third-order valence-electron chi connectivity index (χ3n) is 4.59. The molecule has 2 N–H and O–H groups in total. The first-order valence-electron chi connectivity index (χ1n) is 8.90. The Morgan fingerprint density at radius 3 is 2.11 bits per heavy atom. The summed E-state index contributed by atoms with van der Waals surface area (Å²) in [6, 6.07) is 16.7. The van der Waals surface area contributed by atoms with E-state index in [1.165, 1.54) is 0 Å². The molecule has 2 aromatic rings. The van der Waals surface area contributed by atoms with Gasteiger partial charge in [0.1, 0.15) is 0 Å². The third kappa shape index (κ3) is 5.41. The average molecular weight is 369 g/mol. The van der Waals surface area contributed by atoms with Gasteiger partial charge < -0.3 is 15.2 Å². The van der Waals surface area contributed by atoms with Gasteiger partial charge in [-0.05, 0) is 51.0 Å². The van der Waals surface area contributed by atoms with Gasteiger partial charge in [-0.2, -0.15) is 0 Å². The predicted molar refractivity (Wildman–Crippen MR) is 106 cm³/mol. The van der Waals surface area contributed by atoms with E-state index >= 15 is 0 Å². The van der Waals surface area contributed by atoms with Gasteiger partial charge in [0.2, 0.25) is 5.91 Å². The molecule has 2 aromatic carbocycles. The summed E-state index contributed by atoms with van der Waals surface area (Å²) in [5.74, 6) is -1.04. The summed E-state index contributed by atoms with van der Waals surface area (Å²) in [4.78, 5) is 23.9. The van der Waals surface area contributed by atoms with Crippen molar-refractivity contribution in [3.8, 4) is 0 Å². The van der Waals surface area contributed by atoms with Crippen molar-refractivity contribution in [2.45, 2.75) is 39.7 Å². The minimum atomic E-state index is -0.979. The number of rotatable bonds is 8. The average Bonchev–Trinajstić information content (AvgIpc) is 2.62. The van der Waals surface area contributed by atoms with Crippen LogP contribution in [0.25, 0.3) is 0 Å². The standard InChI is InChI=1S/C22H27NO4/c1-21(2,15-27-14-16-8-6-5-7-9-16)19(24)23-18-12-10-17(11-13-18)22(3,4)20(25)26/h5-13H,14-15H2,1-4H3,(H,23,24)(H,25,26). The second kappa shape index (κ2) is 8.35. The summed E-state index contributed by atoms with van der Waals surface area (Å²) in [5.41, 5.74) is 0.686. The number of nitrogens with one attached hydrogen (secondary N) is 1. The summed E-state index contributed by atoms with van der Waals surface area (Å²) in [6.07, 6.45) is 0. The monoisotopic (exact) mass is 369 g/mol. The van der Waals surface area contributed by atoms with Crippen LogP contribution in [0.3, 0.4) is 0 Å². The Morgan fingerprint density at radius 1 is 0.963 bits per heavy atom. The van der Waals surface area contributed by atoms with Crippen LogP contribution >= 0.6 is 0 Å². The summed E-state index contributed by atoms with van der Waals surface area (Å²) in [6.45, 7) is 7.70. The molecule has 144 valence electrons. The zero-order valence-corrected chi connectivity index (χ0v) is 16.3. The van der Waals surface area contributed by atoms with Crippen molar-refractivity contribution in [1.82, 2.24) is 0 Å². The fraction of sp³-hybridized carbons (Fsp3) is 0.364. The second-order valence-corrected chi connectivity index (χ2v) is 7.82. The number of hydrogen-bond donors (Lipinski definition) is 2. The molecule has 5 heteroatoms. The number of carbonyl (C=O) groups excluding carboxylic acids is 1. The number of ether oxygens (including phenoxy) is 1. The van der Waals surface area contributed by atoms with Crippen molar-refractivity contribution < 1.29 is 19.4 Å². The molecule has 1 amide bonds. The fourth-order valence-electron chi connectivity index (χ4n) is 2.46. The van der Waals surface area contributed by atoms with Crippen LogP contribution < -0.4 is 5.32 Å². The lowest BCUT2D eigenvalue weighted by Gasteiger charge is -2.24. The number of anilines is 1. The number of carboxylic acid groups (broad SMARTS) is 1. The van der Waals surface area contributed by atoms with Gasteiger partial charge in [0, 0.05) is 5.69 Å². The number of benzene rings is 2. The maximum atomic E-state index is 12.6. The van der Waals surface area contributed by atoms with E-state index in [9.17, 15) is 14.7 Å². The van der Waals surface area contributed by atoms with E-state index in [0.717, 1.165) is 5.56 Å². The highest BCUT2D eigenvalue weighted by molar-refractivity contribution is 5.95. The third-order valence-corrected chi connectivity index (χ3v) is 4.59. The van der Waals surface area contributed by atoms with Crippen LogP contribution in [-0.4, -0.2) is 23.6 Å². The zero-order valence-electron chi connectivity index (χ0n) is 16.3. The molecule has 0 unspecified atom stereocenters. The van der Waals surface area contributed by atoms with Crippen molar-refractivity contribution in [3.05, 3.63) is 65.7 Å². The van der Waals surface area contributed by atoms with Gasteiger partial charge in [0.15, 0.2) is 0 Å². The first kappa shape index (κ1) is 20.6. The van der Waals surface area contributed by atoms with Crippen LogP contribution in [0.5, 0.6) is 0 Å². The Balaban J connectivity index is 1.93.